The minimum absolute atomic E-state index is 0.360. The first kappa shape index (κ1) is 15.8. The lowest BCUT2D eigenvalue weighted by Crippen LogP contribution is -2.20. The third-order valence-corrected chi connectivity index (χ3v) is 3.80. The van der Waals surface area contributed by atoms with Gasteiger partial charge in [-0.15, -0.1) is 0 Å². The van der Waals surface area contributed by atoms with E-state index >= 15 is 0 Å². The molecule has 114 valence electrons. The van der Waals surface area contributed by atoms with E-state index in [-0.39, 0.29) is 0 Å². The number of rotatable bonds is 8. The SMILES string of the molecule is COCCCCNC(C)c1ccc2cc(OC)ccc2c1. The summed E-state index contributed by atoms with van der Waals surface area (Å²) < 4.78 is 10.3. The summed E-state index contributed by atoms with van der Waals surface area (Å²) in [6.45, 7) is 4.07. The van der Waals surface area contributed by atoms with Gasteiger partial charge in [0.1, 0.15) is 5.75 Å². The summed E-state index contributed by atoms with van der Waals surface area (Å²) in [5, 5.41) is 6.03. The Bertz CT molecular complexity index is 568. The molecule has 1 N–H and O–H groups in total. The Balaban J connectivity index is 1.98. The van der Waals surface area contributed by atoms with Crippen molar-refractivity contribution in [3.8, 4) is 5.75 Å². The number of ether oxygens (including phenoxy) is 2. The highest BCUT2D eigenvalue weighted by Crippen LogP contribution is 2.24. The first-order valence-corrected chi connectivity index (χ1v) is 7.54. The number of hydrogen-bond acceptors (Lipinski definition) is 3. The van der Waals surface area contributed by atoms with Crippen molar-refractivity contribution in [3.05, 3.63) is 42.0 Å². The molecule has 3 nitrogen and oxygen atoms in total. The number of methoxy groups -OCH3 is 2. The van der Waals surface area contributed by atoms with Crippen molar-refractivity contribution in [2.45, 2.75) is 25.8 Å². The quantitative estimate of drug-likeness (QED) is 0.746. The van der Waals surface area contributed by atoms with E-state index in [9.17, 15) is 0 Å². The molecule has 0 aliphatic heterocycles. The summed E-state index contributed by atoms with van der Waals surface area (Å²) in [7, 11) is 3.45. The fourth-order valence-electron chi connectivity index (χ4n) is 2.45. The fourth-order valence-corrected chi connectivity index (χ4v) is 2.45. The molecule has 0 heterocycles. The Morgan fingerprint density at radius 2 is 1.76 bits per heavy atom. The van der Waals surface area contributed by atoms with Gasteiger partial charge in [-0.25, -0.2) is 0 Å². The van der Waals surface area contributed by atoms with Crippen LogP contribution in [0.1, 0.15) is 31.4 Å². The molecule has 1 atom stereocenters. The molecule has 0 radical (unpaired) electrons. The van der Waals surface area contributed by atoms with E-state index in [1.165, 1.54) is 16.3 Å². The van der Waals surface area contributed by atoms with Gasteiger partial charge in [-0.3, -0.25) is 0 Å². The molecule has 0 bridgehead atoms. The van der Waals surface area contributed by atoms with E-state index in [2.05, 4.69) is 42.6 Å². The number of unbranched alkanes of at least 4 members (excludes halogenated alkanes) is 1. The molecule has 0 aliphatic carbocycles. The van der Waals surface area contributed by atoms with Gasteiger partial charge < -0.3 is 14.8 Å². The molecule has 0 saturated heterocycles. The van der Waals surface area contributed by atoms with Crippen LogP contribution < -0.4 is 10.1 Å². The maximum atomic E-state index is 5.26. The smallest absolute Gasteiger partial charge is 0.119 e. The van der Waals surface area contributed by atoms with Crippen molar-refractivity contribution in [3.63, 3.8) is 0 Å². The fraction of sp³-hybridized carbons (Fsp3) is 0.444. The highest BCUT2D eigenvalue weighted by atomic mass is 16.5. The van der Waals surface area contributed by atoms with Crippen molar-refractivity contribution in [2.75, 3.05) is 27.4 Å². The topological polar surface area (TPSA) is 30.5 Å². The average Bonchev–Trinajstić information content (AvgIpc) is 2.53. The molecule has 0 aliphatic rings. The van der Waals surface area contributed by atoms with E-state index in [4.69, 9.17) is 9.47 Å². The summed E-state index contributed by atoms with van der Waals surface area (Å²) >= 11 is 0. The number of hydrogen-bond donors (Lipinski definition) is 1. The van der Waals surface area contributed by atoms with Gasteiger partial charge in [-0.1, -0.05) is 18.2 Å². The third-order valence-electron chi connectivity index (χ3n) is 3.80. The van der Waals surface area contributed by atoms with Gasteiger partial charge in [0.2, 0.25) is 0 Å². The number of fused-ring (bicyclic) bond motifs is 1. The lowest BCUT2D eigenvalue weighted by atomic mass is 10.0. The summed E-state index contributed by atoms with van der Waals surface area (Å²) in [4.78, 5) is 0. The molecule has 2 aromatic rings. The van der Waals surface area contributed by atoms with Crippen LogP contribution in [0.3, 0.4) is 0 Å². The summed E-state index contributed by atoms with van der Waals surface area (Å²) in [5.74, 6) is 0.902. The van der Waals surface area contributed by atoms with Crippen LogP contribution in [0.2, 0.25) is 0 Å². The highest BCUT2D eigenvalue weighted by Gasteiger charge is 2.06. The van der Waals surface area contributed by atoms with Crippen LogP contribution >= 0.6 is 0 Å². The molecule has 0 saturated carbocycles. The predicted molar refractivity (Wildman–Crippen MR) is 88.0 cm³/mol. The molecule has 1 unspecified atom stereocenters. The summed E-state index contributed by atoms with van der Waals surface area (Å²) in [5.41, 5.74) is 1.32. The van der Waals surface area contributed by atoms with Gasteiger partial charge in [-0.05, 0) is 60.8 Å². The average molecular weight is 287 g/mol. The van der Waals surface area contributed by atoms with Crippen molar-refractivity contribution in [1.29, 1.82) is 0 Å². The van der Waals surface area contributed by atoms with E-state index in [0.717, 1.165) is 31.7 Å². The van der Waals surface area contributed by atoms with Gasteiger partial charge in [0.25, 0.3) is 0 Å². The predicted octanol–water partition coefficient (Wildman–Crippen LogP) is 3.93. The van der Waals surface area contributed by atoms with Crippen LogP contribution in [-0.4, -0.2) is 27.4 Å². The summed E-state index contributed by atoms with van der Waals surface area (Å²) in [6.07, 6.45) is 2.25. The second-order valence-electron chi connectivity index (χ2n) is 5.35. The molecular formula is C18H25NO2. The first-order valence-electron chi connectivity index (χ1n) is 7.54. The van der Waals surface area contributed by atoms with Crippen LogP contribution in [0, 0.1) is 0 Å². The van der Waals surface area contributed by atoms with Gasteiger partial charge in [0, 0.05) is 19.8 Å². The van der Waals surface area contributed by atoms with E-state index < -0.39 is 0 Å². The van der Waals surface area contributed by atoms with Crippen LogP contribution in [0.4, 0.5) is 0 Å². The van der Waals surface area contributed by atoms with Crippen LogP contribution in [0.25, 0.3) is 10.8 Å². The molecule has 0 spiro atoms. The standard InChI is InChI=1S/C18H25NO2/c1-14(19-10-4-5-11-20-2)15-6-7-17-13-18(21-3)9-8-16(17)12-15/h6-9,12-14,19H,4-5,10-11H2,1-3H3. The number of nitrogens with one attached hydrogen (secondary N) is 1. The van der Waals surface area contributed by atoms with Gasteiger partial charge in [0.05, 0.1) is 7.11 Å². The van der Waals surface area contributed by atoms with Crippen molar-refractivity contribution in [1.82, 2.24) is 5.32 Å². The molecule has 0 fully saturated rings. The highest BCUT2D eigenvalue weighted by molar-refractivity contribution is 5.84. The van der Waals surface area contributed by atoms with Gasteiger partial charge in [0.15, 0.2) is 0 Å². The molecular weight excluding hydrogens is 262 g/mol. The Morgan fingerprint density at radius 1 is 1.00 bits per heavy atom. The Kier molecular flexibility index (Phi) is 6.03. The second-order valence-corrected chi connectivity index (χ2v) is 5.35. The third kappa shape index (κ3) is 4.45. The van der Waals surface area contributed by atoms with Crippen molar-refractivity contribution < 1.29 is 9.47 Å². The van der Waals surface area contributed by atoms with Crippen LogP contribution in [0.5, 0.6) is 5.75 Å². The maximum Gasteiger partial charge on any atom is 0.119 e. The van der Waals surface area contributed by atoms with E-state index in [1.54, 1.807) is 14.2 Å². The van der Waals surface area contributed by atoms with Gasteiger partial charge in [-0.2, -0.15) is 0 Å². The monoisotopic (exact) mass is 287 g/mol. The molecule has 3 heteroatoms. The normalized spacial score (nSPS) is 12.5. The van der Waals surface area contributed by atoms with E-state index in [0.29, 0.717) is 6.04 Å². The number of benzene rings is 2. The lowest BCUT2D eigenvalue weighted by Gasteiger charge is -2.15. The largest absolute Gasteiger partial charge is 0.497 e. The summed E-state index contributed by atoms with van der Waals surface area (Å²) in [6, 6.07) is 13.2. The second kappa shape index (κ2) is 8.01. The maximum absolute atomic E-state index is 5.26. The Labute approximate surface area is 127 Å². The van der Waals surface area contributed by atoms with E-state index in [1.807, 2.05) is 6.07 Å². The zero-order valence-electron chi connectivity index (χ0n) is 13.2. The zero-order chi connectivity index (χ0) is 15.1. The minimum atomic E-state index is 0.360. The van der Waals surface area contributed by atoms with Crippen molar-refractivity contribution >= 4 is 10.8 Å². The molecule has 21 heavy (non-hydrogen) atoms. The first-order chi connectivity index (χ1) is 10.2. The molecule has 0 amide bonds. The van der Waals surface area contributed by atoms with Gasteiger partial charge >= 0.3 is 0 Å². The Hall–Kier alpha value is -1.58. The minimum Gasteiger partial charge on any atom is -0.497 e. The molecule has 0 aromatic heterocycles. The Morgan fingerprint density at radius 3 is 2.52 bits per heavy atom. The van der Waals surface area contributed by atoms with Crippen LogP contribution in [-0.2, 0) is 4.74 Å². The lowest BCUT2D eigenvalue weighted by molar-refractivity contribution is 0.192. The van der Waals surface area contributed by atoms with Crippen molar-refractivity contribution in [2.24, 2.45) is 0 Å². The molecule has 2 aromatic carbocycles. The zero-order valence-corrected chi connectivity index (χ0v) is 13.2. The molecule has 2 rings (SSSR count). The van der Waals surface area contributed by atoms with Crippen LogP contribution in [0.15, 0.2) is 36.4 Å².